The van der Waals surface area contributed by atoms with Crippen molar-refractivity contribution >= 4 is 11.7 Å². The Morgan fingerprint density at radius 3 is 2.92 bits per heavy atom. The second kappa shape index (κ2) is 2.87. The smallest absolute Gasteiger partial charge is 0.231 e. The number of hydrogen-bond acceptors (Lipinski definition) is 2. The highest BCUT2D eigenvalue weighted by atomic mass is 16.2. The highest BCUT2D eigenvalue weighted by Gasteiger charge is 2.39. The summed E-state index contributed by atoms with van der Waals surface area (Å²) in [7, 11) is 0. The molecule has 0 aliphatic heterocycles. The monoisotopic (exact) mass is 179 g/mol. The fourth-order valence-corrected chi connectivity index (χ4v) is 1.53. The molecule has 1 aromatic rings. The van der Waals surface area contributed by atoms with Crippen molar-refractivity contribution in [3.05, 3.63) is 12.5 Å². The van der Waals surface area contributed by atoms with Crippen LogP contribution in [0.1, 0.15) is 26.2 Å². The van der Waals surface area contributed by atoms with Crippen molar-refractivity contribution < 1.29 is 4.79 Å². The fraction of sp³-hybridized carbons (Fsp3) is 0.556. The van der Waals surface area contributed by atoms with Crippen molar-refractivity contribution in [1.82, 2.24) is 9.97 Å². The summed E-state index contributed by atoms with van der Waals surface area (Å²) in [5.41, 5.74) is -0.148. The Hall–Kier alpha value is -1.32. The molecule has 0 saturated heterocycles. The number of nitrogens with zero attached hydrogens (tertiary/aromatic N) is 1. The summed E-state index contributed by atoms with van der Waals surface area (Å²) < 4.78 is 0. The fourth-order valence-electron chi connectivity index (χ4n) is 1.53. The Bertz CT molecular complexity index is 301. The quantitative estimate of drug-likeness (QED) is 0.723. The minimum atomic E-state index is -0.148. The van der Waals surface area contributed by atoms with Gasteiger partial charge >= 0.3 is 0 Å². The van der Waals surface area contributed by atoms with Crippen molar-refractivity contribution in [2.24, 2.45) is 5.41 Å². The molecule has 4 heteroatoms. The van der Waals surface area contributed by atoms with E-state index in [2.05, 4.69) is 15.3 Å². The molecule has 1 fully saturated rings. The Labute approximate surface area is 76.8 Å². The molecule has 1 amide bonds. The number of amides is 1. The normalized spacial score (nSPS) is 19.2. The maximum atomic E-state index is 11.7. The van der Waals surface area contributed by atoms with Gasteiger partial charge in [0.2, 0.25) is 5.91 Å². The van der Waals surface area contributed by atoms with Crippen LogP contribution in [-0.2, 0) is 4.79 Å². The molecule has 1 aromatic heterocycles. The number of carbonyl (C=O) groups is 1. The number of anilines is 1. The van der Waals surface area contributed by atoms with Crippen molar-refractivity contribution in [2.45, 2.75) is 26.2 Å². The number of rotatable bonds is 2. The zero-order valence-corrected chi connectivity index (χ0v) is 7.63. The Morgan fingerprint density at radius 1 is 1.69 bits per heavy atom. The van der Waals surface area contributed by atoms with Crippen LogP contribution in [0.3, 0.4) is 0 Å². The van der Waals surface area contributed by atoms with Gasteiger partial charge in [0.1, 0.15) is 5.82 Å². The van der Waals surface area contributed by atoms with Gasteiger partial charge in [0.25, 0.3) is 0 Å². The van der Waals surface area contributed by atoms with Gasteiger partial charge in [0.15, 0.2) is 0 Å². The third-order valence-electron chi connectivity index (χ3n) is 2.75. The molecular formula is C9H13N3O. The number of aromatic amines is 1. The third kappa shape index (κ3) is 1.43. The largest absolute Gasteiger partial charge is 0.331 e. The second-order valence-electron chi connectivity index (χ2n) is 3.83. The number of H-pyrrole nitrogens is 1. The molecule has 2 N–H and O–H groups in total. The van der Waals surface area contributed by atoms with E-state index in [-0.39, 0.29) is 11.3 Å². The SMILES string of the molecule is CC1(C(=O)Nc2cnc[nH]2)CCC1. The van der Waals surface area contributed by atoms with Crippen LogP contribution in [0, 0.1) is 5.41 Å². The summed E-state index contributed by atoms with van der Waals surface area (Å²) in [6.07, 6.45) is 6.31. The van der Waals surface area contributed by atoms with Gasteiger partial charge in [0, 0.05) is 5.41 Å². The number of hydrogen-bond donors (Lipinski definition) is 2. The van der Waals surface area contributed by atoms with E-state index in [4.69, 9.17) is 0 Å². The molecule has 0 bridgehead atoms. The van der Waals surface area contributed by atoms with E-state index in [1.54, 1.807) is 12.5 Å². The first-order valence-corrected chi connectivity index (χ1v) is 4.50. The summed E-state index contributed by atoms with van der Waals surface area (Å²) in [4.78, 5) is 18.3. The van der Waals surface area contributed by atoms with E-state index in [9.17, 15) is 4.79 Å². The maximum absolute atomic E-state index is 11.7. The van der Waals surface area contributed by atoms with E-state index in [0.29, 0.717) is 5.82 Å². The van der Waals surface area contributed by atoms with Crippen LogP contribution in [0.4, 0.5) is 5.82 Å². The van der Waals surface area contributed by atoms with E-state index >= 15 is 0 Å². The molecule has 0 atom stereocenters. The summed E-state index contributed by atoms with van der Waals surface area (Å²) >= 11 is 0. The van der Waals surface area contributed by atoms with Gasteiger partial charge in [0.05, 0.1) is 12.5 Å². The summed E-state index contributed by atoms with van der Waals surface area (Å²) in [5, 5.41) is 2.81. The molecule has 1 saturated carbocycles. The zero-order valence-electron chi connectivity index (χ0n) is 7.63. The number of carbonyl (C=O) groups excluding carboxylic acids is 1. The number of nitrogens with one attached hydrogen (secondary N) is 2. The lowest BCUT2D eigenvalue weighted by molar-refractivity contribution is -0.128. The van der Waals surface area contributed by atoms with E-state index < -0.39 is 0 Å². The van der Waals surface area contributed by atoms with Crippen LogP contribution in [-0.4, -0.2) is 15.9 Å². The number of aromatic nitrogens is 2. The zero-order chi connectivity index (χ0) is 9.31. The maximum Gasteiger partial charge on any atom is 0.231 e. The Kier molecular flexibility index (Phi) is 1.83. The van der Waals surface area contributed by atoms with Gasteiger partial charge in [-0.3, -0.25) is 4.79 Å². The van der Waals surface area contributed by atoms with E-state index in [0.717, 1.165) is 19.3 Å². The average Bonchev–Trinajstić information content (AvgIpc) is 2.52. The predicted octanol–water partition coefficient (Wildman–Crippen LogP) is 1.54. The molecule has 4 nitrogen and oxygen atoms in total. The van der Waals surface area contributed by atoms with Crippen LogP contribution in [0.25, 0.3) is 0 Å². The lowest BCUT2D eigenvalue weighted by Gasteiger charge is -2.36. The summed E-state index contributed by atoms with van der Waals surface area (Å²) in [5.74, 6) is 0.779. The average molecular weight is 179 g/mol. The van der Waals surface area contributed by atoms with Gasteiger partial charge in [-0.25, -0.2) is 4.98 Å². The standard InChI is InChI=1S/C9H13N3O/c1-9(3-2-4-9)8(13)12-7-5-10-6-11-7/h5-6H,2-4H2,1H3,(H,10,11)(H,12,13). The summed E-state index contributed by atoms with van der Waals surface area (Å²) in [6, 6.07) is 0. The van der Waals surface area contributed by atoms with Gasteiger partial charge in [-0.05, 0) is 12.8 Å². The van der Waals surface area contributed by atoms with Gasteiger partial charge in [-0.1, -0.05) is 13.3 Å². The van der Waals surface area contributed by atoms with Crippen molar-refractivity contribution in [1.29, 1.82) is 0 Å². The molecule has 0 spiro atoms. The molecular weight excluding hydrogens is 166 g/mol. The van der Waals surface area contributed by atoms with Crippen LogP contribution < -0.4 is 5.32 Å². The van der Waals surface area contributed by atoms with E-state index in [1.807, 2.05) is 6.92 Å². The summed E-state index contributed by atoms with van der Waals surface area (Å²) in [6.45, 7) is 2.00. The molecule has 13 heavy (non-hydrogen) atoms. The molecule has 1 aliphatic carbocycles. The molecule has 1 aliphatic rings. The highest BCUT2D eigenvalue weighted by Crippen LogP contribution is 2.40. The first kappa shape index (κ1) is 8.29. The van der Waals surface area contributed by atoms with Crippen LogP contribution >= 0.6 is 0 Å². The lowest BCUT2D eigenvalue weighted by atomic mass is 9.70. The van der Waals surface area contributed by atoms with Gasteiger partial charge in [-0.15, -0.1) is 0 Å². The minimum Gasteiger partial charge on any atom is -0.331 e. The molecule has 1 heterocycles. The minimum absolute atomic E-state index is 0.100. The topological polar surface area (TPSA) is 57.8 Å². The first-order chi connectivity index (χ1) is 6.21. The van der Waals surface area contributed by atoms with Crippen molar-refractivity contribution in [3.8, 4) is 0 Å². The molecule has 0 unspecified atom stereocenters. The first-order valence-electron chi connectivity index (χ1n) is 4.50. The Morgan fingerprint density at radius 2 is 2.46 bits per heavy atom. The van der Waals surface area contributed by atoms with Crippen molar-refractivity contribution in [3.63, 3.8) is 0 Å². The Balaban J connectivity index is 1.99. The number of imidazole rings is 1. The predicted molar refractivity (Wildman–Crippen MR) is 49.2 cm³/mol. The molecule has 0 aromatic carbocycles. The van der Waals surface area contributed by atoms with Crippen molar-refractivity contribution in [2.75, 3.05) is 5.32 Å². The molecule has 0 radical (unpaired) electrons. The van der Waals surface area contributed by atoms with Crippen LogP contribution in [0.2, 0.25) is 0 Å². The molecule has 70 valence electrons. The second-order valence-corrected chi connectivity index (χ2v) is 3.83. The highest BCUT2D eigenvalue weighted by molar-refractivity contribution is 5.94. The van der Waals surface area contributed by atoms with Gasteiger partial charge < -0.3 is 10.3 Å². The van der Waals surface area contributed by atoms with Crippen LogP contribution in [0.15, 0.2) is 12.5 Å². The lowest BCUT2D eigenvalue weighted by Crippen LogP contribution is -2.39. The third-order valence-corrected chi connectivity index (χ3v) is 2.75. The van der Waals surface area contributed by atoms with E-state index in [1.165, 1.54) is 0 Å². The van der Waals surface area contributed by atoms with Gasteiger partial charge in [-0.2, -0.15) is 0 Å². The molecule has 2 rings (SSSR count). The van der Waals surface area contributed by atoms with Crippen LogP contribution in [0.5, 0.6) is 0 Å².